The van der Waals surface area contributed by atoms with Crippen molar-refractivity contribution in [3.63, 3.8) is 0 Å². The summed E-state index contributed by atoms with van der Waals surface area (Å²) in [5, 5.41) is 9.27. The summed E-state index contributed by atoms with van der Waals surface area (Å²) in [6.07, 6.45) is 9.21. The second-order valence-electron chi connectivity index (χ2n) is 5.72. The summed E-state index contributed by atoms with van der Waals surface area (Å²) >= 11 is 0. The molecule has 25 heavy (non-hydrogen) atoms. The predicted octanol–water partition coefficient (Wildman–Crippen LogP) is 4.02. The number of pyridine rings is 1. The molecule has 1 aliphatic heterocycles. The topological polar surface area (TPSA) is 57.0 Å². The number of carbonyl (C=O) groups excluding carboxylic acids is 1. The van der Waals surface area contributed by atoms with Crippen molar-refractivity contribution in [1.82, 2.24) is 9.88 Å². The highest BCUT2D eigenvalue weighted by Gasteiger charge is 2.11. The Labute approximate surface area is 147 Å². The lowest BCUT2D eigenvalue weighted by Gasteiger charge is -2.22. The molecule has 1 aromatic carbocycles. The van der Waals surface area contributed by atoms with E-state index in [1.807, 2.05) is 47.6 Å². The van der Waals surface area contributed by atoms with Crippen molar-refractivity contribution >= 4 is 5.78 Å². The molecule has 0 amide bonds. The Bertz CT molecular complexity index is 874. The zero-order valence-electron chi connectivity index (χ0n) is 13.7. The fourth-order valence-electron chi connectivity index (χ4n) is 2.59. The summed E-state index contributed by atoms with van der Waals surface area (Å²) in [6.45, 7) is 0.678. The van der Waals surface area contributed by atoms with Crippen molar-refractivity contribution in [3.05, 3.63) is 102 Å². The van der Waals surface area contributed by atoms with Crippen LogP contribution in [0.1, 0.15) is 22.5 Å². The van der Waals surface area contributed by atoms with Crippen LogP contribution in [0.25, 0.3) is 0 Å². The van der Waals surface area contributed by atoms with Gasteiger partial charge in [-0.2, -0.15) is 5.26 Å². The van der Waals surface area contributed by atoms with Gasteiger partial charge in [0.25, 0.3) is 0 Å². The minimum atomic E-state index is -0.149. The minimum absolute atomic E-state index is 0.149. The molecular formula is C21H17N3O. The van der Waals surface area contributed by atoms with Crippen LogP contribution in [0.15, 0.2) is 90.4 Å². The van der Waals surface area contributed by atoms with Gasteiger partial charge in [0.2, 0.25) is 5.78 Å². The van der Waals surface area contributed by atoms with Gasteiger partial charge < -0.3 is 4.90 Å². The van der Waals surface area contributed by atoms with Gasteiger partial charge >= 0.3 is 0 Å². The van der Waals surface area contributed by atoms with Gasteiger partial charge in [0.05, 0.1) is 11.6 Å². The summed E-state index contributed by atoms with van der Waals surface area (Å²) in [7, 11) is 0. The molecule has 0 aliphatic carbocycles. The minimum Gasteiger partial charge on any atom is -0.349 e. The van der Waals surface area contributed by atoms with Gasteiger partial charge in [-0.1, -0.05) is 42.5 Å². The molecule has 0 saturated carbocycles. The first-order valence-corrected chi connectivity index (χ1v) is 7.99. The Balaban J connectivity index is 1.75. The molecule has 3 rings (SSSR count). The monoisotopic (exact) mass is 327 g/mol. The van der Waals surface area contributed by atoms with Crippen molar-refractivity contribution < 1.29 is 4.79 Å². The van der Waals surface area contributed by atoms with E-state index in [0.29, 0.717) is 24.2 Å². The molecule has 0 spiro atoms. The molecule has 0 N–H and O–H groups in total. The molecule has 122 valence electrons. The molecule has 0 atom stereocenters. The van der Waals surface area contributed by atoms with Crippen LogP contribution in [0.5, 0.6) is 0 Å². The Morgan fingerprint density at radius 3 is 2.68 bits per heavy atom. The molecule has 0 bridgehead atoms. The van der Waals surface area contributed by atoms with E-state index in [4.69, 9.17) is 0 Å². The van der Waals surface area contributed by atoms with Crippen molar-refractivity contribution in [2.75, 3.05) is 0 Å². The number of nitriles is 1. The molecule has 0 radical (unpaired) electrons. The number of nitrogens with zero attached hydrogens (tertiary/aromatic N) is 3. The van der Waals surface area contributed by atoms with Gasteiger partial charge in [-0.05, 0) is 29.3 Å². The molecule has 0 unspecified atom stereocenters. The summed E-state index contributed by atoms with van der Waals surface area (Å²) in [5.74, 6) is -0.149. The van der Waals surface area contributed by atoms with Crippen molar-refractivity contribution in [1.29, 1.82) is 5.26 Å². The number of hydrogen-bond donors (Lipinski definition) is 0. The normalized spacial score (nSPS) is 14.0. The largest absolute Gasteiger partial charge is 0.349 e. The molecule has 2 aromatic rings. The molecule has 1 aliphatic rings. The van der Waals surface area contributed by atoms with Crippen LogP contribution in [0, 0.1) is 11.3 Å². The highest BCUT2D eigenvalue weighted by molar-refractivity contribution is 6.03. The van der Waals surface area contributed by atoms with E-state index < -0.39 is 0 Å². The van der Waals surface area contributed by atoms with E-state index in [1.165, 1.54) is 6.08 Å². The van der Waals surface area contributed by atoms with Crippen molar-refractivity contribution in [2.24, 2.45) is 0 Å². The van der Waals surface area contributed by atoms with Gasteiger partial charge in [-0.25, -0.2) is 0 Å². The maximum Gasteiger partial charge on any atom is 0.204 e. The van der Waals surface area contributed by atoms with Crippen LogP contribution in [0.4, 0.5) is 0 Å². The Hall–Kier alpha value is -3.45. The van der Waals surface area contributed by atoms with Gasteiger partial charge in [-0.15, -0.1) is 0 Å². The lowest BCUT2D eigenvalue weighted by Crippen LogP contribution is -2.14. The summed E-state index contributed by atoms with van der Waals surface area (Å²) < 4.78 is 0. The van der Waals surface area contributed by atoms with Crippen molar-refractivity contribution in [2.45, 2.75) is 13.0 Å². The van der Waals surface area contributed by atoms with Gasteiger partial charge in [-0.3, -0.25) is 9.78 Å². The van der Waals surface area contributed by atoms with Gasteiger partial charge in [0.1, 0.15) is 5.69 Å². The first kappa shape index (κ1) is 16.4. The van der Waals surface area contributed by atoms with Crippen LogP contribution in [0.2, 0.25) is 0 Å². The molecule has 0 saturated heterocycles. The maximum absolute atomic E-state index is 12.1. The first-order chi connectivity index (χ1) is 12.2. The molecular weight excluding hydrogens is 310 g/mol. The maximum atomic E-state index is 12.1. The second kappa shape index (κ2) is 7.89. The molecule has 4 heteroatoms. The quantitative estimate of drug-likeness (QED) is 0.615. The van der Waals surface area contributed by atoms with Crippen LogP contribution in [0.3, 0.4) is 0 Å². The number of hydrogen-bond acceptors (Lipinski definition) is 4. The lowest BCUT2D eigenvalue weighted by molar-refractivity contribution is 0.104. The third-order valence-corrected chi connectivity index (χ3v) is 3.77. The van der Waals surface area contributed by atoms with E-state index in [9.17, 15) is 10.1 Å². The van der Waals surface area contributed by atoms with Crippen LogP contribution in [-0.2, 0) is 6.54 Å². The van der Waals surface area contributed by atoms with Crippen LogP contribution in [-0.4, -0.2) is 15.7 Å². The predicted molar refractivity (Wildman–Crippen MR) is 96.1 cm³/mol. The number of benzene rings is 1. The molecule has 0 fully saturated rings. The van der Waals surface area contributed by atoms with E-state index in [0.717, 1.165) is 11.1 Å². The van der Waals surface area contributed by atoms with Gasteiger partial charge in [0, 0.05) is 31.6 Å². The average molecular weight is 327 g/mol. The van der Waals surface area contributed by atoms with E-state index >= 15 is 0 Å². The summed E-state index contributed by atoms with van der Waals surface area (Å²) in [4.78, 5) is 18.2. The third-order valence-electron chi connectivity index (χ3n) is 3.77. The molecule has 1 aromatic heterocycles. The van der Waals surface area contributed by atoms with Crippen molar-refractivity contribution in [3.8, 4) is 6.07 Å². The van der Waals surface area contributed by atoms with E-state index in [-0.39, 0.29) is 5.78 Å². The SMILES string of the molecule is N#CC1=CN(Cc2ccccc2)C=C(/C=C/C(=O)c2ccccn2)C1. The zero-order chi connectivity index (χ0) is 17.5. The molecule has 4 nitrogen and oxygen atoms in total. The van der Waals surface area contributed by atoms with Gasteiger partial charge in [0.15, 0.2) is 0 Å². The van der Waals surface area contributed by atoms with E-state index in [2.05, 4.69) is 11.1 Å². The Kier molecular flexibility index (Phi) is 5.18. The van der Waals surface area contributed by atoms with E-state index in [1.54, 1.807) is 30.5 Å². The highest BCUT2D eigenvalue weighted by Crippen LogP contribution is 2.21. The number of rotatable bonds is 5. The average Bonchev–Trinajstić information content (AvgIpc) is 2.67. The molecule has 2 heterocycles. The number of allylic oxidation sites excluding steroid dienone is 4. The summed E-state index contributed by atoms with van der Waals surface area (Å²) in [6, 6.07) is 17.5. The number of carbonyl (C=O) groups is 1. The third kappa shape index (κ3) is 4.52. The van der Waals surface area contributed by atoms with Crippen LogP contribution >= 0.6 is 0 Å². The number of aromatic nitrogens is 1. The fraction of sp³-hybridized carbons (Fsp3) is 0.0952. The smallest absolute Gasteiger partial charge is 0.204 e. The zero-order valence-corrected chi connectivity index (χ0v) is 13.7. The standard InChI is InChI=1S/C21H17N3O/c22-13-19-12-18(9-10-21(25)20-8-4-5-11-23-20)15-24(16-19)14-17-6-2-1-3-7-17/h1-11,15-16H,12,14H2/b10-9+. The number of ketones is 1. The highest BCUT2D eigenvalue weighted by atomic mass is 16.1. The second-order valence-corrected chi connectivity index (χ2v) is 5.72. The van der Waals surface area contributed by atoms with Crippen LogP contribution < -0.4 is 0 Å². The fourth-order valence-corrected chi connectivity index (χ4v) is 2.59. The first-order valence-electron chi connectivity index (χ1n) is 7.99. The Morgan fingerprint density at radius 2 is 1.96 bits per heavy atom. The Morgan fingerprint density at radius 1 is 1.16 bits per heavy atom. The lowest BCUT2D eigenvalue weighted by atomic mass is 10.0. The summed E-state index contributed by atoms with van der Waals surface area (Å²) in [5.41, 5.74) is 3.15.